The SMILES string of the molecule is COc1cccc(-c2cc3c(s2)CCc2cnc(Nc4ccc(O)cc4)nc2-3)c1.COc1cccc(-c2cc3c(s2)CCc2cnc(Nc4ccc(S(C)(=O)=O)cc4)nc2-3)c1.COc1cccc(-c2cc3c(s2)CCc2cnc(Nc4cccc(S(C)(=O)=O)c4)nc2-3)c1.COc1cccc(-c2cc3c(s2)CCc2cnc(Nc4ccccc4)nc2-3)c1.NS(=O)(=O)c1cccc(Nc2ncc3c(n2)-c2ccsc2CC3)c1. The number of phenolic OH excluding ortho intramolecular Hbond substituents is 1. The van der Waals surface area contributed by atoms with Gasteiger partial charge in [-0.1, -0.05) is 78.9 Å². The minimum atomic E-state index is -3.74. The molecule has 10 heterocycles. The summed E-state index contributed by atoms with van der Waals surface area (Å²) in [4.78, 5) is 58.2. The lowest BCUT2D eigenvalue weighted by Gasteiger charge is -2.16. The van der Waals surface area contributed by atoms with Gasteiger partial charge in [0.2, 0.25) is 39.8 Å². The molecule has 0 aliphatic heterocycles. The summed E-state index contributed by atoms with van der Waals surface area (Å²) in [5.41, 5.74) is 24.8. The highest BCUT2D eigenvalue weighted by Crippen LogP contribution is 2.49. The molecule has 10 aromatic heterocycles. The number of thiophene rings is 5. The zero-order valence-corrected chi connectivity index (χ0v) is 85.7. The van der Waals surface area contributed by atoms with Crippen LogP contribution in [0.4, 0.5) is 58.2 Å². The average molecular weight is 2070 g/mol. The highest BCUT2D eigenvalue weighted by molar-refractivity contribution is 7.91. The van der Waals surface area contributed by atoms with E-state index in [2.05, 4.69) is 129 Å². The molecule has 19 aromatic rings. The summed E-state index contributed by atoms with van der Waals surface area (Å²) in [6.45, 7) is 0. The third kappa shape index (κ3) is 22.5. The van der Waals surface area contributed by atoms with Crippen LogP contribution in [0.2, 0.25) is 0 Å². The van der Waals surface area contributed by atoms with Gasteiger partial charge in [-0.25, -0.2) is 80.2 Å². The highest BCUT2D eigenvalue weighted by atomic mass is 32.2. The zero-order valence-electron chi connectivity index (χ0n) is 79.1. The van der Waals surface area contributed by atoms with Crippen LogP contribution in [0.3, 0.4) is 0 Å². The molecule has 0 atom stereocenters. The minimum Gasteiger partial charge on any atom is -0.508 e. The van der Waals surface area contributed by atoms with Gasteiger partial charge in [0, 0.05) is 144 Å². The lowest BCUT2D eigenvalue weighted by Crippen LogP contribution is -2.12. The smallest absolute Gasteiger partial charge is 0.238 e. The zero-order chi connectivity index (χ0) is 100. The molecule has 0 spiro atoms. The van der Waals surface area contributed by atoms with Gasteiger partial charge >= 0.3 is 0 Å². The van der Waals surface area contributed by atoms with Gasteiger partial charge in [0.15, 0.2) is 19.7 Å². The Balaban J connectivity index is 0.000000111. The average Bonchev–Trinajstić information content (AvgIpc) is 1.73. The number of anilines is 10. The molecule has 8 N–H and O–H groups in total. The van der Waals surface area contributed by atoms with Crippen molar-refractivity contribution in [2.75, 3.05) is 67.5 Å². The number of rotatable bonds is 21. The quantitative estimate of drug-likeness (QED) is 0.0329. The molecular weight excluding hydrogens is 1980 g/mol. The molecule has 145 heavy (non-hydrogen) atoms. The number of sulfonamides is 1. The Morgan fingerprint density at radius 2 is 0.579 bits per heavy atom. The van der Waals surface area contributed by atoms with Crippen LogP contribution in [-0.4, -0.2) is 121 Å². The summed E-state index contributed by atoms with van der Waals surface area (Å²) in [6.07, 6.45) is 21.5. The summed E-state index contributed by atoms with van der Waals surface area (Å²) in [6, 6.07) is 79.9. The Morgan fingerprint density at radius 3 is 0.910 bits per heavy atom. The molecular formula is C110H94N16O11S8. The number of methoxy groups -OCH3 is 4. The van der Waals surface area contributed by atoms with Crippen LogP contribution >= 0.6 is 56.7 Å². The number of para-hydroxylation sites is 1. The normalized spacial score (nSPS) is 12.6. The number of nitrogens with one attached hydrogen (secondary N) is 5. The maximum Gasteiger partial charge on any atom is 0.238 e. The second kappa shape index (κ2) is 42.3. The first-order valence-electron chi connectivity index (χ1n) is 46.2. The second-order valence-electron chi connectivity index (χ2n) is 34.5. The summed E-state index contributed by atoms with van der Waals surface area (Å²) in [5.74, 6) is 6.18. The fraction of sp³-hybridized carbons (Fsp3) is 0.145. The molecule has 0 bridgehead atoms. The van der Waals surface area contributed by atoms with Gasteiger partial charge in [0.05, 0.1) is 71.6 Å². The van der Waals surface area contributed by atoms with E-state index in [-0.39, 0.29) is 20.4 Å². The van der Waals surface area contributed by atoms with Crippen molar-refractivity contribution in [2.24, 2.45) is 5.14 Å². The Morgan fingerprint density at radius 1 is 0.290 bits per heavy atom. The fourth-order valence-electron chi connectivity index (χ4n) is 17.4. The van der Waals surface area contributed by atoms with E-state index >= 15 is 0 Å². The molecule has 27 nitrogen and oxygen atoms in total. The molecule has 0 amide bonds. The van der Waals surface area contributed by atoms with Gasteiger partial charge in [-0.2, -0.15) is 0 Å². The highest BCUT2D eigenvalue weighted by Gasteiger charge is 2.30. The number of phenols is 1. The molecule has 0 radical (unpaired) electrons. The number of hydrogen-bond acceptors (Lipinski definition) is 31. The van der Waals surface area contributed by atoms with E-state index in [0.29, 0.717) is 41.1 Å². The first-order chi connectivity index (χ1) is 70.3. The molecule has 9 aromatic carbocycles. The molecule has 35 heteroatoms. The van der Waals surface area contributed by atoms with Crippen molar-refractivity contribution in [3.63, 3.8) is 0 Å². The largest absolute Gasteiger partial charge is 0.508 e. The maximum atomic E-state index is 11.9. The third-order valence-electron chi connectivity index (χ3n) is 24.7. The molecule has 5 aliphatic carbocycles. The van der Waals surface area contributed by atoms with Crippen LogP contribution in [0.25, 0.3) is 98.0 Å². The lowest BCUT2D eigenvalue weighted by atomic mass is 9.96. The lowest BCUT2D eigenvalue weighted by molar-refractivity contribution is 0.415. The van der Waals surface area contributed by atoms with E-state index < -0.39 is 29.7 Å². The Kier molecular flexibility index (Phi) is 28.3. The van der Waals surface area contributed by atoms with Crippen LogP contribution in [0.15, 0.2) is 306 Å². The molecule has 728 valence electrons. The second-order valence-corrected chi connectivity index (χ2v) is 45.7. The molecule has 5 aliphatic rings. The van der Waals surface area contributed by atoms with Crippen LogP contribution in [0, 0.1) is 0 Å². The van der Waals surface area contributed by atoms with Crippen molar-refractivity contribution in [3.8, 4) is 127 Å². The fourth-order valence-corrected chi connectivity index (χ4v) is 24.8. The van der Waals surface area contributed by atoms with Crippen LogP contribution in [-0.2, 0) is 93.9 Å². The monoisotopic (exact) mass is 2070 g/mol. The standard InChI is InChI=1S/2C24H21N3O3S2.C23H19N3O2S.C23H19N3OS.C16H14N4O2S2/c1-30-18-7-3-5-15(11-18)22-13-20-21(31-22)10-9-16-14-25-24(27-23(16)20)26-17-6-4-8-19(12-17)32(2,28)29;1-30-18-5-3-4-15(12-18)22-13-20-21(31-22)11-6-16-14-25-24(27-23(16)20)26-17-7-9-19(10-8-17)32(2,28)29;1-28-18-4-2-3-14(11-18)21-12-19-20(29-21)10-5-15-13-24-23(26-22(15)19)25-16-6-8-17(27)9-7-16;1-27-18-9-5-6-15(12-18)21-13-19-20(28-21)11-10-16-14-24-23(26-22(16)19)25-17-7-3-2-4-8-17;17-24(21,22)12-3-1-2-11(8-12)19-16-18-9-10-4-5-14-13(6-7-23-14)15(10)20-16/h3-8,11-14H,9-10H2,1-2H3,(H,25,26,27);3-5,7-10,12-14H,6,11H2,1-2H3,(H,25,26,27);2-4,6-9,11-13,27H,5,10H2,1H3,(H,24,25,26);2-9,12-14H,10-11H2,1H3,(H,24,25,26);1-3,6-9H,4-5H2,(H2,17,21,22)(H,18,19,20). The number of fused-ring (bicyclic) bond motifs is 15. The number of aromatic nitrogens is 10. The van der Waals surface area contributed by atoms with Crippen molar-refractivity contribution in [1.29, 1.82) is 0 Å². The van der Waals surface area contributed by atoms with E-state index in [1.807, 2.05) is 145 Å². The van der Waals surface area contributed by atoms with Gasteiger partial charge < -0.3 is 50.6 Å². The number of benzene rings is 9. The molecule has 0 unspecified atom stereocenters. The van der Waals surface area contributed by atoms with Crippen molar-refractivity contribution in [3.05, 3.63) is 343 Å². The number of hydrogen-bond donors (Lipinski definition) is 7. The van der Waals surface area contributed by atoms with Crippen LogP contribution in [0.5, 0.6) is 28.7 Å². The number of sulfone groups is 2. The first kappa shape index (κ1) is 97.1. The Labute approximate surface area is 858 Å². The van der Waals surface area contributed by atoms with Gasteiger partial charge in [-0.3, -0.25) is 0 Å². The Hall–Kier alpha value is -15.3. The number of aromatic hydroxyl groups is 1. The van der Waals surface area contributed by atoms with Crippen molar-refractivity contribution >= 4 is 145 Å². The van der Waals surface area contributed by atoms with E-state index in [1.54, 1.807) is 147 Å². The predicted molar refractivity (Wildman–Crippen MR) is 580 cm³/mol. The summed E-state index contributed by atoms with van der Waals surface area (Å²) in [7, 11) is -3.52. The van der Waals surface area contributed by atoms with Gasteiger partial charge in [-0.15, -0.1) is 56.7 Å². The van der Waals surface area contributed by atoms with E-state index in [4.69, 9.17) is 44.0 Å². The minimum absolute atomic E-state index is 0.0468. The number of primary sulfonamides is 1. The maximum absolute atomic E-state index is 11.9. The third-order valence-corrected chi connectivity index (χ3v) is 33.8. The van der Waals surface area contributed by atoms with E-state index in [1.165, 1.54) is 96.4 Å². The number of aryl methyl sites for hydroxylation is 10. The predicted octanol–water partition coefficient (Wildman–Crippen LogP) is 24.1. The number of nitrogens with two attached hydrogens (primary N) is 1. The summed E-state index contributed by atoms with van der Waals surface area (Å²) in [5, 5.41) is 32.6. The van der Waals surface area contributed by atoms with Gasteiger partial charge in [-0.05, 0) is 296 Å². The van der Waals surface area contributed by atoms with Crippen molar-refractivity contribution in [2.45, 2.75) is 78.9 Å². The van der Waals surface area contributed by atoms with E-state index in [9.17, 15) is 30.4 Å². The number of nitrogens with zero attached hydrogens (tertiary/aromatic N) is 10. The van der Waals surface area contributed by atoms with Crippen molar-refractivity contribution in [1.82, 2.24) is 49.8 Å². The van der Waals surface area contributed by atoms with E-state index in [0.717, 1.165) is 183 Å². The molecule has 0 saturated heterocycles. The summed E-state index contributed by atoms with van der Waals surface area (Å²) >= 11 is 8.98. The Bertz CT molecular complexity index is 8450. The van der Waals surface area contributed by atoms with Crippen LogP contribution in [0.1, 0.15) is 52.2 Å². The topological polar surface area (TPSA) is 375 Å². The summed E-state index contributed by atoms with van der Waals surface area (Å²) < 4.78 is 91.5. The van der Waals surface area contributed by atoms with Gasteiger partial charge in [0.1, 0.15) is 28.7 Å². The number of ether oxygens (including phenoxy) is 4. The van der Waals surface area contributed by atoms with Crippen molar-refractivity contribution < 1.29 is 49.3 Å². The first-order valence-corrected chi connectivity index (χ1v) is 55.7. The van der Waals surface area contributed by atoms with Crippen LogP contribution < -0.4 is 50.7 Å². The van der Waals surface area contributed by atoms with Gasteiger partial charge in [0.25, 0.3) is 0 Å². The molecule has 0 fully saturated rings. The molecule has 24 rings (SSSR count). The molecule has 0 saturated carbocycles.